The molecular formula is C25H18Cl2N2O4. The first-order valence-corrected chi connectivity index (χ1v) is 10.4. The molecule has 0 unspecified atom stereocenters. The van der Waals surface area contributed by atoms with E-state index in [9.17, 15) is 14.9 Å². The number of carbonyl (C=O) groups is 2. The molecule has 0 aliphatic carbocycles. The fourth-order valence-electron chi connectivity index (χ4n) is 2.85. The Kier molecular flexibility index (Phi) is 7.73. The van der Waals surface area contributed by atoms with E-state index in [2.05, 4.69) is 5.32 Å². The molecule has 0 radical (unpaired) electrons. The molecule has 1 amide bonds. The van der Waals surface area contributed by atoms with E-state index in [-0.39, 0.29) is 17.1 Å². The molecule has 166 valence electrons. The predicted octanol–water partition coefficient (Wildman–Crippen LogP) is 6.08. The normalized spacial score (nSPS) is 10.8. The number of ether oxygens (including phenoxy) is 2. The molecule has 0 saturated carbocycles. The van der Waals surface area contributed by atoms with Gasteiger partial charge in [0, 0.05) is 15.7 Å². The number of halogens is 2. The Bertz CT molecular complexity index is 1260. The van der Waals surface area contributed by atoms with Crippen LogP contribution in [0.25, 0.3) is 6.08 Å². The van der Waals surface area contributed by atoms with Gasteiger partial charge in [-0.05, 0) is 61.0 Å². The van der Waals surface area contributed by atoms with Crippen LogP contribution in [0.3, 0.4) is 0 Å². The molecule has 3 rings (SSSR count). The van der Waals surface area contributed by atoms with Crippen molar-refractivity contribution in [3.05, 3.63) is 93.0 Å². The topological polar surface area (TPSA) is 88.4 Å². The van der Waals surface area contributed by atoms with Crippen molar-refractivity contribution in [2.75, 3.05) is 12.4 Å². The second kappa shape index (κ2) is 10.7. The summed E-state index contributed by atoms with van der Waals surface area (Å²) >= 11 is 11.9. The molecule has 0 fully saturated rings. The van der Waals surface area contributed by atoms with Crippen LogP contribution < -0.4 is 14.8 Å². The fourth-order valence-corrected chi connectivity index (χ4v) is 3.37. The third kappa shape index (κ3) is 6.36. The van der Waals surface area contributed by atoms with Crippen molar-refractivity contribution in [2.24, 2.45) is 0 Å². The summed E-state index contributed by atoms with van der Waals surface area (Å²) in [4.78, 5) is 24.9. The number of hydrogen-bond donors (Lipinski definition) is 1. The zero-order chi connectivity index (χ0) is 24.0. The van der Waals surface area contributed by atoms with Crippen LogP contribution in [0, 0.1) is 18.3 Å². The number of amides is 1. The predicted molar refractivity (Wildman–Crippen MR) is 128 cm³/mol. The molecule has 3 aromatic rings. The minimum absolute atomic E-state index is 0.155. The van der Waals surface area contributed by atoms with Crippen LogP contribution in [0.2, 0.25) is 10.0 Å². The van der Waals surface area contributed by atoms with Crippen molar-refractivity contribution in [3.63, 3.8) is 0 Å². The minimum atomic E-state index is -0.635. The molecule has 1 N–H and O–H groups in total. The molecule has 33 heavy (non-hydrogen) atoms. The van der Waals surface area contributed by atoms with E-state index in [0.717, 1.165) is 5.56 Å². The van der Waals surface area contributed by atoms with Crippen LogP contribution in [0.4, 0.5) is 5.69 Å². The van der Waals surface area contributed by atoms with Crippen molar-refractivity contribution in [1.82, 2.24) is 0 Å². The fraction of sp³-hybridized carbons (Fsp3) is 0.0800. The standard InChI is InChI=1S/C25H18Cl2N2O4/c1-15-3-6-17(7-4-15)25(31)33-22-8-5-16(10-23(22)32-2)9-18(14-28)24(30)29-21-12-19(26)11-20(27)13-21/h3-13H,1-2H3,(H,29,30)/b18-9+. The van der Waals surface area contributed by atoms with Crippen LogP contribution in [0.15, 0.2) is 66.2 Å². The Morgan fingerprint density at radius 3 is 2.24 bits per heavy atom. The molecule has 0 saturated heterocycles. The maximum Gasteiger partial charge on any atom is 0.343 e. The summed E-state index contributed by atoms with van der Waals surface area (Å²) in [6, 6.07) is 18.1. The monoisotopic (exact) mass is 480 g/mol. The molecule has 0 bridgehead atoms. The summed E-state index contributed by atoms with van der Waals surface area (Å²) in [6.45, 7) is 1.92. The van der Waals surface area contributed by atoms with Gasteiger partial charge in [-0.1, -0.05) is 47.0 Å². The van der Waals surface area contributed by atoms with E-state index in [1.54, 1.807) is 24.3 Å². The first-order valence-electron chi connectivity index (χ1n) is 9.65. The second-order valence-electron chi connectivity index (χ2n) is 6.95. The number of rotatable bonds is 6. The number of nitrogens with one attached hydrogen (secondary N) is 1. The van der Waals surface area contributed by atoms with Gasteiger partial charge in [0.05, 0.1) is 12.7 Å². The number of carbonyl (C=O) groups excluding carboxylic acids is 2. The van der Waals surface area contributed by atoms with Gasteiger partial charge in [-0.2, -0.15) is 5.26 Å². The maximum absolute atomic E-state index is 12.5. The number of methoxy groups -OCH3 is 1. The molecule has 6 nitrogen and oxygen atoms in total. The molecule has 0 heterocycles. The van der Waals surface area contributed by atoms with E-state index in [4.69, 9.17) is 32.7 Å². The van der Waals surface area contributed by atoms with Gasteiger partial charge in [-0.15, -0.1) is 0 Å². The van der Waals surface area contributed by atoms with Crippen molar-refractivity contribution < 1.29 is 19.1 Å². The lowest BCUT2D eigenvalue weighted by Crippen LogP contribution is -2.13. The van der Waals surface area contributed by atoms with Crippen LogP contribution in [0.1, 0.15) is 21.5 Å². The van der Waals surface area contributed by atoms with Crippen molar-refractivity contribution in [3.8, 4) is 17.6 Å². The highest BCUT2D eigenvalue weighted by molar-refractivity contribution is 6.35. The Balaban J connectivity index is 1.80. The average Bonchev–Trinajstić information content (AvgIpc) is 2.77. The van der Waals surface area contributed by atoms with Gasteiger partial charge in [0.15, 0.2) is 11.5 Å². The van der Waals surface area contributed by atoms with Crippen molar-refractivity contribution >= 4 is 46.8 Å². The van der Waals surface area contributed by atoms with Gasteiger partial charge in [-0.3, -0.25) is 4.79 Å². The van der Waals surface area contributed by atoms with Gasteiger partial charge in [0.2, 0.25) is 0 Å². The number of nitrogens with zero attached hydrogens (tertiary/aromatic N) is 1. The van der Waals surface area contributed by atoms with Gasteiger partial charge in [-0.25, -0.2) is 4.79 Å². The van der Waals surface area contributed by atoms with Gasteiger partial charge >= 0.3 is 5.97 Å². The number of anilines is 1. The minimum Gasteiger partial charge on any atom is -0.493 e. The number of benzene rings is 3. The molecule has 0 aliphatic heterocycles. The van der Waals surface area contributed by atoms with E-state index >= 15 is 0 Å². The van der Waals surface area contributed by atoms with Crippen LogP contribution in [0.5, 0.6) is 11.5 Å². The van der Waals surface area contributed by atoms with Gasteiger partial charge in [0.1, 0.15) is 11.6 Å². The second-order valence-corrected chi connectivity index (χ2v) is 7.82. The van der Waals surface area contributed by atoms with E-state index in [1.165, 1.54) is 37.5 Å². The highest BCUT2D eigenvalue weighted by Gasteiger charge is 2.15. The zero-order valence-electron chi connectivity index (χ0n) is 17.7. The number of nitriles is 1. The number of esters is 1. The van der Waals surface area contributed by atoms with E-state index < -0.39 is 11.9 Å². The lowest BCUT2D eigenvalue weighted by atomic mass is 10.1. The first-order chi connectivity index (χ1) is 15.8. The van der Waals surface area contributed by atoms with Crippen LogP contribution in [-0.4, -0.2) is 19.0 Å². The Morgan fingerprint density at radius 1 is 0.970 bits per heavy atom. The molecule has 0 atom stereocenters. The highest BCUT2D eigenvalue weighted by atomic mass is 35.5. The van der Waals surface area contributed by atoms with Crippen LogP contribution in [-0.2, 0) is 4.79 Å². The van der Waals surface area contributed by atoms with Crippen molar-refractivity contribution in [1.29, 1.82) is 5.26 Å². The lowest BCUT2D eigenvalue weighted by molar-refractivity contribution is -0.112. The third-order valence-electron chi connectivity index (χ3n) is 4.47. The molecule has 0 aromatic heterocycles. The summed E-state index contributed by atoms with van der Waals surface area (Å²) in [6.07, 6.45) is 1.38. The molecule has 0 aliphatic rings. The van der Waals surface area contributed by atoms with Gasteiger partial charge < -0.3 is 14.8 Å². The summed E-state index contributed by atoms with van der Waals surface area (Å²) in [5.74, 6) is -0.696. The Hall–Kier alpha value is -3.79. The molecular weight excluding hydrogens is 463 g/mol. The quantitative estimate of drug-likeness (QED) is 0.200. The van der Waals surface area contributed by atoms with Crippen molar-refractivity contribution in [2.45, 2.75) is 6.92 Å². The zero-order valence-corrected chi connectivity index (χ0v) is 19.2. The highest BCUT2D eigenvalue weighted by Crippen LogP contribution is 2.30. The Labute approximate surface area is 201 Å². The van der Waals surface area contributed by atoms with E-state index in [1.807, 2.05) is 25.1 Å². The smallest absolute Gasteiger partial charge is 0.343 e. The first kappa shape index (κ1) is 23.9. The maximum atomic E-state index is 12.5. The largest absolute Gasteiger partial charge is 0.493 e. The Morgan fingerprint density at radius 2 is 1.64 bits per heavy atom. The third-order valence-corrected chi connectivity index (χ3v) is 4.91. The molecule has 0 spiro atoms. The summed E-state index contributed by atoms with van der Waals surface area (Å²) < 4.78 is 10.8. The van der Waals surface area contributed by atoms with Crippen LogP contribution >= 0.6 is 23.2 Å². The number of aryl methyl sites for hydroxylation is 1. The summed E-state index contributed by atoms with van der Waals surface area (Å²) in [5, 5.41) is 12.7. The lowest BCUT2D eigenvalue weighted by Gasteiger charge is -2.10. The molecule has 3 aromatic carbocycles. The van der Waals surface area contributed by atoms with Gasteiger partial charge in [0.25, 0.3) is 5.91 Å². The average molecular weight is 481 g/mol. The SMILES string of the molecule is COc1cc(/C=C(\C#N)C(=O)Nc2cc(Cl)cc(Cl)c2)ccc1OC(=O)c1ccc(C)cc1. The van der Waals surface area contributed by atoms with E-state index in [0.29, 0.717) is 26.9 Å². The summed E-state index contributed by atoms with van der Waals surface area (Å²) in [7, 11) is 1.42. The number of hydrogen-bond acceptors (Lipinski definition) is 5. The molecule has 8 heteroatoms. The summed E-state index contributed by atoms with van der Waals surface area (Å²) in [5.41, 5.74) is 2.12.